The largest absolute Gasteiger partial charge is 0.339 e. The number of amides is 1. The van der Waals surface area contributed by atoms with E-state index in [1.807, 2.05) is 32.0 Å². The first-order chi connectivity index (χ1) is 14.7. The van der Waals surface area contributed by atoms with Gasteiger partial charge in [-0.1, -0.05) is 29.8 Å². The number of hydrogen-bond donors (Lipinski definition) is 1. The van der Waals surface area contributed by atoms with E-state index in [0.29, 0.717) is 31.5 Å². The molecule has 1 saturated heterocycles. The molecule has 31 heavy (non-hydrogen) atoms. The van der Waals surface area contributed by atoms with Crippen molar-refractivity contribution < 1.29 is 18.0 Å². The van der Waals surface area contributed by atoms with Crippen LogP contribution < -0.4 is 4.72 Å². The molecular weight excluding hydrogens is 412 g/mol. The van der Waals surface area contributed by atoms with Crippen LogP contribution >= 0.6 is 0 Å². The molecule has 1 heterocycles. The SMILES string of the molecule is C=CCNS(=O)(=O)c1ccc(C(=O)N2CCC(C(=O)c3ccc(C)cc3C)CC2)cc1. The lowest BCUT2D eigenvalue weighted by Gasteiger charge is -2.31. The lowest BCUT2D eigenvalue weighted by Crippen LogP contribution is -2.40. The highest BCUT2D eigenvalue weighted by molar-refractivity contribution is 7.89. The highest BCUT2D eigenvalue weighted by atomic mass is 32.2. The number of nitrogens with one attached hydrogen (secondary N) is 1. The number of aryl methyl sites for hydroxylation is 2. The highest BCUT2D eigenvalue weighted by Gasteiger charge is 2.29. The molecule has 0 unspecified atom stereocenters. The molecule has 3 rings (SSSR count). The zero-order chi connectivity index (χ0) is 22.6. The maximum absolute atomic E-state index is 12.9. The first-order valence-electron chi connectivity index (χ1n) is 10.3. The van der Waals surface area contributed by atoms with Crippen molar-refractivity contribution >= 4 is 21.7 Å². The number of piperidine rings is 1. The van der Waals surface area contributed by atoms with E-state index in [-0.39, 0.29) is 29.0 Å². The summed E-state index contributed by atoms with van der Waals surface area (Å²) in [6, 6.07) is 11.8. The van der Waals surface area contributed by atoms with Crippen LogP contribution in [0.4, 0.5) is 0 Å². The van der Waals surface area contributed by atoms with Crippen molar-refractivity contribution in [1.29, 1.82) is 0 Å². The fourth-order valence-electron chi connectivity index (χ4n) is 3.87. The Bertz CT molecular complexity index is 1080. The van der Waals surface area contributed by atoms with Gasteiger partial charge >= 0.3 is 0 Å². The number of sulfonamides is 1. The van der Waals surface area contributed by atoms with Gasteiger partial charge in [0.2, 0.25) is 10.0 Å². The summed E-state index contributed by atoms with van der Waals surface area (Å²) in [5.41, 5.74) is 3.31. The van der Waals surface area contributed by atoms with E-state index in [0.717, 1.165) is 16.7 Å². The van der Waals surface area contributed by atoms with E-state index < -0.39 is 10.0 Å². The highest BCUT2D eigenvalue weighted by Crippen LogP contribution is 2.25. The maximum Gasteiger partial charge on any atom is 0.253 e. The van der Waals surface area contributed by atoms with E-state index >= 15 is 0 Å². The van der Waals surface area contributed by atoms with Crippen LogP contribution in [0.1, 0.15) is 44.7 Å². The number of rotatable bonds is 7. The van der Waals surface area contributed by atoms with Crippen molar-refractivity contribution in [1.82, 2.24) is 9.62 Å². The van der Waals surface area contributed by atoms with E-state index in [1.165, 1.54) is 30.3 Å². The minimum absolute atomic E-state index is 0.0890. The summed E-state index contributed by atoms with van der Waals surface area (Å²) in [7, 11) is -3.62. The monoisotopic (exact) mass is 440 g/mol. The topological polar surface area (TPSA) is 83.6 Å². The first-order valence-corrected chi connectivity index (χ1v) is 11.8. The van der Waals surface area contributed by atoms with Crippen molar-refractivity contribution in [3.05, 3.63) is 77.4 Å². The van der Waals surface area contributed by atoms with E-state index in [1.54, 1.807) is 4.90 Å². The summed E-state index contributed by atoms with van der Waals surface area (Å²) in [5.74, 6) is -0.0968. The standard InChI is InChI=1S/C24H28N2O4S/c1-4-13-25-31(29,30)21-8-6-20(7-9-21)24(28)26-14-11-19(12-15-26)23(27)22-10-5-17(2)16-18(22)3/h4-10,16,19,25H,1,11-15H2,2-3H3. The van der Waals surface area contributed by atoms with Gasteiger partial charge in [0.25, 0.3) is 5.91 Å². The molecule has 1 amide bonds. The Kier molecular flexibility index (Phi) is 7.08. The summed E-state index contributed by atoms with van der Waals surface area (Å²) in [5, 5.41) is 0. The number of hydrogen-bond acceptors (Lipinski definition) is 4. The van der Waals surface area contributed by atoms with Crippen molar-refractivity contribution in [2.75, 3.05) is 19.6 Å². The number of ketones is 1. The molecule has 1 aliphatic rings. The molecule has 0 aliphatic carbocycles. The average Bonchev–Trinajstić information content (AvgIpc) is 2.77. The van der Waals surface area contributed by atoms with Gasteiger partial charge < -0.3 is 4.90 Å². The molecule has 0 spiro atoms. The van der Waals surface area contributed by atoms with E-state index in [2.05, 4.69) is 11.3 Å². The molecule has 2 aromatic rings. The Hall–Kier alpha value is -2.77. The average molecular weight is 441 g/mol. The third-order valence-electron chi connectivity index (χ3n) is 5.63. The van der Waals surface area contributed by atoms with Gasteiger partial charge in [0.15, 0.2) is 5.78 Å². The molecule has 0 radical (unpaired) electrons. The molecule has 6 nitrogen and oxygen atoms in total. The molecule has 1 N–H and O–H groups in total. The van der Waals surface area contributed by atoms with Gasteiger partial charge in [-0.05, 0) is 56.5 Å². The third-order valence-corrected chi connectivity index (χ3v) is 7.07. The summed E-state index contributed by atoms with van der Waals surface area (Å²) in [4.78, 5) is 27.6. The molecule has 0 aromatic heterocycles. The van der Waals surface area contributed by atoms with Gasteiger partial charge in [0.1, 0.15) is 0 Å². The fraction of sp³-hybridized carbons (Fsp3) is 0.333. The Balaban J connectivity index is 1.62. The van der Waals surface area contributed by atoms with Crippen molar-refractivity contribution in [3.8, 4) is 0 Å². The normalized spacial score (nSPS) is 15.0. The minimum atomic E-state index is -3.62. The van der Waals surface area contributed by atoms with Gasteiger partial charge in [0, 0.05) is 36.7 Å². The lowest BCUT2D eigenvalue weighted by molar-refractivity contribution is 0.0650. The zero-order valence-electron chi connectivity index (χ0n) is 17.9. The Labute approximate surface area is 184 Å². The number of carbonyl (C=O) groups is 2. The molecule has 1 aliphatic heterocycles. The van der Waals surface area contributed by atoms with Crippen LogP contribution in [-0.2, 0) is 10.0 Å². The van der Waals surface area contributed by atoms with Crippen molar-refractivity contribution in [2.45, 2.75) is 31.6 Å². The lowest BCUT2D eigenvalue weighted by atomic mass is 9.87. The minimum Gasteiger partial charge on any atom is -0.339 e. The van der Waals surface area contributed by atoms with Crippen LogP contribution in [0.5, 0.6) is 0 Å². The third kappa shape index (κ3) is 5.29. The summed E-state index contributed by atoms with van der Waals surface area (Å²) >= 11 is 0. The van der Waals surface area contributed by atoms with Crippen LogP contribution in [0.3, 0.4) is 0 Å². The van der Waals surface area contributed by atoms with Crippen molar-refractivity contribution in [3.63, 3.8) is 0 Å². The van der Waals surface area contributed by atoms with Crippen LogP contribution in [0.25, 0.3) is 0 Å². The fourth-order valence-corrected chi connectivity index (χ4v) is 4.86. The Morgan fingerprint density at radius 3 is 2.32 bits per heavy atom. The van der Waals surface area contributed by atoms with Crippen LogP contribution in [0.15, 0.2) is 60.0 Å². The predicted octanol–water partition coefficient (Wildman–Crippen LogP) is 3.50. The van der Waals surface area contributed by atoms with Gasteiger partial charge in [-0.25, -0.2) is 13.1 Å². The van der Waals surface area contributed by atoms with Crippen LogP contribution in [0.2, 0.25) is 0 Å². The zero-order valence-corrected chi connectivity index (χ0v) is 18.7. The second-order valence-electron chi connectivity index (χ2n) is 7.91. The number of likely N-dealkylation sites (tertiary alicyclic amines) is 1. The smallest absolute Gasteiger partial charge is 0.253 e. The molecule has 0 bridgehead atoms. The van der Waals surface area contributed by atoms with Gasteiger partial charge in [0.05, 0.1) is 4.90 Å². The second kappa shape index (κ2) is 9.58. The predicted molar refractivity (Wildman–Crippen MR) is 121 cm³/mol. The Morgan fingerprint density at radius 1 is 1.10 bits per heavy atom. The number of benzene rings is 2. The van der Waals surface area contributed by atoms with Crippen LogP contribution in [0, 0.1) is 19.8 Å². The summed E-state index contributed by atoms with van der Waals surface area (Å²) in [6.45, 7) is 8.59. The second-order valence-corrected chi connectivity index (χ2v) is 9.68. The van der Waals surface area contributed by atoms with Crippen LogP contribution in [-0.4, -0.2) is 44.6 Å². The molecule has 2 aromatic carbocycles. The van der Waals surface area contributed by atoms with Gasteiger partial charge in [-0.15, -0.1) is 6.58 Å². The Morgan fingerprint density at radius 2 is 1.74 bits per heavy atom. The van der Waals surface area contributed by atoms with Gasteiger partial charge in [-0.2, -0.15) is 0 Å². The molecule has 164 valence electrons. The molecule has 7 heteroatoms. The first kappa shape index (κ1) is 22.9. The summed E-state index contributed by atoms with van der Waals surface area (Å²) < 4.78 is 26.7. The van der Waals surface area contributed by atoms with Gasteiger partial charge in [-0.3, -0.25) is 9.59 Å². The van der Waals surface area contributed by atoms with Crippen molar-refractivity contribution in [2.24, 2.45) is 5.92 Å². The number of Topliss-reactive ketones (excluding diaryl/α,β-unsaturated/α-hetero) is 1. The van der Waals surface area contributed by atoms with E-state index in [4.69, 9.17) is 0 Å². The maximum atomic E-state index is 12.9. The molecule has 1 fully saturated rings. The number of carbonyl (C=O) groups excluding carboxylic acids is 2. The summed E-state index contributed by atoms with van der Waals surface area (Å²) in [6.07, 6.45) is 2.70. The molecule has 0 atom stereocenters. The number of nitrogens with zero attached hydrogens (tertiary/aromatic N) is 1. The van der Waals surface area contributed by atoms with E-state index in [9.17, 15) is 18.0 Å². The quantitative estimate of drug-likeness (QED) is 0.528. The molecule has 0 saturated carbocycles. The molecular formula is C24H28N2O4S.